The number of quaternary nitrogens is 1. The minimum atomic E-state index is -1.26. The van der Waals surface area contributed by atoms with Crippen LogP contribution in [0.1, 0.15) is 56.3 Å². The monoisotopic (exact) mass is 507 g/mol. The van der Waals surface area contributed by atoms with Crippen molar-refractivity contribution in [2.75, 3.05) is 26.2 Å². The number of hydrogen-bond acceptors (Lipinski definition) is 4. The summed E-state index contributed by atoms with van der Waals surface area (Å²) in [6.07, 6.45) is 1.35. The molecule has 1 aromatic heterocycles. The maximum absolute atomic E-state index is 13.0. The molecule has 1 aliphatic heterocycles. The Labute approximate surface area is 217 Å². The normalized spacial score (nSPS) is 18.6. The van der Waals surface area contributed by atoms with Crippen molar-refractivity contribution in [3.8, 4) is 0 Å². The number of imidazole rings is 1. The van der Waals surface area contributed by atoms with Crippen LogP contribution in [0.15, 0.2) is 53.3 Å². The van der Waals surface area contributed by atoms with Gasteiger partial charge in [0.2, 0.25) is 0 Å². The minimum Gasteiger partial charge on any atom is -0.530 e. The quantitative estimate of drug-likeness (QED) is 0.430. The summed E-state index contributed by atoms with van der Waals surface area (Å²) in [4.78, 5) is 38.7. The van der Waals surface area contributed by atoms with Gasteiger partial charge < -0.3 is 25.4 Å². The SMILES string of the molecule is Cc1ccc(C(CC[NH+]2CCC(CNC(=O)n3c(=O)n(C(C)C)c4ccccc43)CC2)NC(=O)[O-])cc1. The van der Waals surface area contributed by atoms with Gasteiger partial charge in [-0.1, -0.05) is 42.0 Å². The second-order valence-corrected chi connectivity index (χ2v) is 10.4. The molecule has 2 amide bonds. The molecule has 4 rings (SSSR count). The Morgan fingerprint density at radius 2 is 1.70 bits per heavy atom. The van der Waals surface area contributed by atoms with Crippen molar-refractivity contribution in [2.45, 2.75) is 52.1 Å². The maximum atomic E-state index is 13.0. The van der Waals surface area contributed by atoms with E-state index in [9.17, 15) is 19.5 Å². The number of nitrogens with one attached hydrogen (secondary N) is 3. The number of fused-ring (bicyclic) bond motifs is 1. The zero-order valence-corrected chi connectivity index (χ0v) is 21.8. The van der Waals surface area contributed by atoms with Crippen LogP contribution >= 0.6 is 0 Å². The number of amides is 2. The van der Waals surface area contributed by atoms with Gasteiger partial charge >= 0.3 is 11.7 Å². The van der Waals surface area contributed by atoms with E-state index in [2.05, 4.69) is 10.6 Å². The molecule has 0 saturated carbocycles. The third-order valence-electron chi connectivity index (χ3n) is 7.41. The lowest BCUT2D eigenvalue weighted by Gasteiger charge is -2.31. The Morgan fingerprint density at radius 3 is 2.32 bits per heavy atom. The third kappa shape index (κ3) is 6.22. The lowest BCUT2D eigenvalue weighted by atomic mass is 9.96. The fourth-order valence-electron chi connectivity index (χ4n) is 5.33. The highest BCUT2D eigenvalue weighted by atomic mass is 16.4. The van der Waals surface area contributed by atoms with Crippen LogP contribution in [-0.4, -0.2) is 47.4 Å². The van der Waals surface area contributed by atoms with Gasteiger partial charge in [0, 0.05) is 31.8 Å². The van der Waals surface area contributed by atoms with Crippen LogP contribution in [0.3, 0.4) is 0 Å². The van der Waals surface area contributed by atoms with Gasteiger partial charge in [-0.3, -0.25) is 4.57 Å². The van der Waals surface area contributed by atoms with Gasteiger partial charge in [0.15, 0.2) is 0 Å². The molecule has 1 unspecified atom stereocenters. The average molecular weight is 508 g/mol. The second-order valence-electron chi connectivity index (χ2n) is 10.4. The van der Waals surface area contributed by atoms with Gasteiger partial charge in [-0.05, 0) is 44.4 Å². The van der Waals surface area contributed by atoms with Crippen LogP contribution in [0.2, 0.25) is 0 Å². The Balaban J connectivity index is 1.30. The number of carbonyl (C=O) groups is 2. The van der Waals surface area contributed by atoms with Crippen LogP contribution in [0.5, 0.6) is 0 Å². The molecular weight excluding hydrogens is 470 g/mol. The number of nitrogens with zero attached hydrogens (tertiary/aromatic N) is 2. The molecule has 3 aromatic rings. The molecule has 198 valence electrons. The molecule has 0 bridgehead atoms. The number of hydrogen-bond donors (Lipinski definition) is 3. The van der Waals surface area contributed by atoms with E-state index in [0.29, 0.717) is 24.4 Å². The fraction of sp³-hybridized carbons (Fsp3) is 0.464. The first-order valence-electron chi connectivity index (χ1n) is 13.1. The molecular formula is C28H37N5O4. The van der Waals surface area contributed by atoms with Crippen LogP contribution in [0, 0.1) is 12.8 Å². The molecule has 0 spiro atoms. The van der Waals surface area contributed by atoms with E-state index in [1.165, 1.54) is 9.47 Å². The van der Waals surface area contributed by atoms with Gasteiger partial charge in [0.05, 0.1) is 36.7 Å². The highest BCUT2D eigenvalue weighted by Crippen LogP contribution is 2.18. The fourth-order valence-corrected chi connectivity index (χ4v) is 5.33. The number of rotatable bonds is 8. The van der Waals surface area contributed by atoms with Crippen LogP contribution in [-0.2, 0) is 0 Å². The molecule has 3 N–H and O–H groups in total. The van der Waals surface area contributed by atoms with Gasteiger partial charge in [0.25, 0.3) is 0 Å². The summed E-state index contributed by atoms with van der Waals surface area (Å²) in [5.74, 6) is 0.344. The van der Waals surface area contributed by atoms with Crippen molar-refractivity contribution in [3.05, 3.63) is 70.1 Å². The molecule has 1 saturated heterocycles. The van der Waals surface area contributed by atoms with Crippen LogP contribution in [0.25, 0.3) is 11.0 Å². The molecule has 1 fully saturated rings. The zero-order chi connectivity index (χ0) is 26.5. The number of para-hydroxylation sites is 2. The van der Waals surface area contributed by atoms with Crippen molar-refractivity contribution in [2.24, 2.45) is 5.92 Å². The first-order chi connectivity index (χ1) is 17.7. The van der Waals surface area contributed by atoms with E-state index < -0.39 is 6.09 Å². The zero-order valence-electron chi connectivity index (χ0n) is 21.8. The Bertz CT molecular complexity index is 1290. The lowest BCUT2D eigenvalue weighted by molar-refractivity contribution is -0.906. The molecule has 2 heterocycles. The van der Waals surface area contributed by atoms with E-state index in [0.717, 1.165) is 49.1 Å². The number of carboxylic acid groups (broad SMARTS) is 1. The number of aryl methyl sites for hydroxylation is 1. The minimum absolute atomic E-state index is 0.0497. The molecule has 37 heavy (non-hydrogen) atoms. The maximum Gasteiger partial charge on any atom is 0.337 e. The van der Waals surface area contributed by atoms with Gasteiger partial charge in [0.1, 0.15) is 6.09 Å². The predicted molar refractivity (Wildman–Crippen MR) is 141 cm³/mol. The standard InChI is InChI=1S/C28H37N5O4/c1-19(2)32-24-6-4-5-7-25(24)33(28(32)37)26(34)29-18-21-12-15-31(16-13-21)17-14-23(30-27(35)36)22-10-8-20(3)9-11-22/h4-11,19,21,23,30H,12-18H2,1-3H3,(H,29,34)(H,35,36). The molecule has 2 aromatic carbocycles. The molecule has 0 radical (unpaired) electrons. The topological polar surface area (TPSA) is 113 Å². The lowest BCUT2D eigenvalue weighted by Crippen LogP contribution is -3.13. The van der Waals surface area contributed by atoms with E-state index >= 15 is 0 Å². The van der Waals surface area contributed by atoms with Crippen molar-refractivity contribution in [1.29, 1.82) is 0 Å². The van der Waals surface area contributed by atoms with Gasteiger partial charge in [-0.15, -0.1) is 0 Å². The highest BCUT2D eigenvalue weighted by molar-refractivity contribution is 5.89. The van der Waals surface area contributed by atoms with Crippen molar-refractivity contribution >= 4 is 23.2 Å². The Hall–Kier alpha value is -3.59. The summed E-state index contributed by atoms with van der Waals surface area (Å²) in [5, 5.41) is 16.8. The average Bonchev–Trinajstić information content (AvgIpc) is 3.18. The number of likely N-dealkylation sites (tertiary alicyclic amines) is 1. The second kappa shape index (κ2) is 11.6. The van der Waals surface area contributed by atoms with Crippen molar-refractivity contribution in [1.82, 2.24) is 19.8 Å². The summed E-state index contributed by atoms with van der Waals surface area (Å²) in [7, 11) is 0. The summed E-state index contributed by atoms with van der Waals surface area (Å²) in [6.45, 7) is 9.16. The molecule has 9 heteroatoms. The largest absolute Gasteiger partial charge is 0.530 e. The van der Waals surface area contributed by atoms with Crippen LogP contribution in [0.4, 0.5) is 9.59 Å². The van der Waals surface area contributed by atoms with E-state index in [4.69, 9.17) is 0 Å². The number of piperidine rings is 1. The predicted octanol–water partition coefficient (Wildman–Crippen LogP) is 1.61. The molecule has 1 atom stereocenters. The summed E-state index contributed by atoms with van der Waals surface area (Å²) >= 11 is 0. The number of benzene rings is 2. The third-order valence-corrected chi connectivity index (χ3v) is 7.41. The van der Waals surface area contributed by atoms with Crippen molar-refractivity contribution in [3.63, 3.8) is 0 Å². The van der Waals surface area contributed by atoms with E-state index in [1.54, 1.807) is 10.6 Å². The smallest absolute Gasteiger partial charge is 0.337 e. The summed E-state index contributed by atoms with van der Waals surface area (Å²) in [6, 6.07) is 14.5. The molecule has 9 nitrogen and oxygen atoms in total. The summed E-state index contributed by atoms with van der Waals surface area (Å²) in [5.41, 5.74) is 3.13. The number of carbonyl (C=O) groups excluding carboxylic acids is 2. The molecule has 0 aliphatic carbocycles. The Kier molecular flexibility index (Phi) is 8.33. The van der Waals surface area contributed by atoms with Crippen molar-refractivity contribution < 1.29 is 19.6 Å². The summed E-state index contributed by atoms with van der Waals surface area (Å²) < 4.78 is 2.89. The van der Waals surface area contributed by atoms with Gasteiger partial charge in [-0.2, -0.15) is 0 Å². The highest BCUT2D eigenvalue weighted by Gasteiger charge is 2.25. The van der Waals surface area contributed by atoms with E-state index in [1.807, 2.05) is 63.2 Å². The Morgan fingerprint density at radius 1 is 1.05 bits per heavy atom. The van der Waals surface area contributed by atoms with Crippen LogP contribution < -0.4 is 26.3 Å². The van der Waals surface area contributed by atoms with Gasteiger partial charge in [-0.25, -0.2) is 14.2 Å². The number of aromatic nitrogens is 2. The van der Waals surface area contributed by atoms with E-state index in [-0.39, 0.29) is 23.8 Å². The first kappa shape index (κ1) is 26.5. The molecule has 1 aliphatic rings. The first-order valence-corrected chi connectivity index (χ1v) is 13.1.